The highest BCUT2D eigenvalue weighted by Gasteiger charge is 2.34. The molecule has 0 spiro atoms. The molecule has 1 aliphatic carbocycles. The molecule has 6 nitrogen and oxygen atoms in total. The minimum atomic E-state index is -0.196. The van der Waals surface area contributed by atoms with Crippen LogP contribution in [0.3, 0.4) is 0 Å². The summed E-state index contributed by atoms with van der Waals surface area (Å²) < 4.78 is 2.22. The number of fused-ring (bicyclic) bond motifs is 5. The number of pyridine rings is 2. The van der Waals surface area contributed by atoms with E-state index in [0.717, 1.165) is 63.9 Å². The third kappa shape index (κ3) is 3.11. The molecule has 1 aliphatic heterocycles. The normalized spacial score (nSPS) is 15.1. The lowest BCUT2D eigenvalue weighted by Crippen LogP contribution is -2.43. The molecular formula is C29H24N6. The maximum absolute atomic E-state index is 6.62. The van der Waals surface area contributed by atoms with Gasteiger partial charge in [-0.2, -0.15) is 0 Å². The third-order valence-electron chi connectivity index (χ3n) is 7.24. The summed E-state index contributed by atoms with van der Waals surface area (Å²) in [6, 6.07) is 25.0. The number of hydrogen-bond donors (Lipinski definition) is 2. The fourth-order valence-corrected chi connectivity index (χ4v) is 5.20. The number of nitrogens with two attached hydrogens (primary N) is 1. The maximum atomic E-state index is 6.62. The van der Waals surface area contributed by atoms with Crippen LogP contribution in [0.4, 0.5) is 11.5 Å². The quantitative estimate of drug-likeness (QED) is 0.338. The van der Waals surface area contributed by atoms with E-state index in [-0.39, 0.29) is 5.54 Å². The first kappa shape index (κ1) is 20.1. The Balaban J connectivity index is 1.53. The van der Waals surface area contributed by atoms with Crippen LogP contribution in [0.2, 0.25) is 0 Å². The lowest BCUT2D eigenvalue weighted by atomic mass is 9.72. The Morgan fingerprint density at radius 3 is 2.46 bits per heavy atom. The number of hydrogen-bond acceptors (Lipinski definition) is 5. The van der Waals surface area contributed by atoms with Gasteiger partial charge in [-0.25, -0.2) is 9.97 Å². The molecule has 4 heterocycles. The van der Waals surface area contributed by atoms with Crippen LogP contribution in [0.25, 0.3) is 39.6 Å². The Kier molecular flexibility index (Phi) is 4.38. The smallest absolute Gasteiger partial charge is 0.154 e. The molecule has 1 fully saturated rings. The molecule has 170 valence electrons. The Labute approximate surface area is 203 Å². The van der Waals surface area contributed by atoms with Crippen molar-refractivity contribution in [3.05, 3.63) is 97.0 Å². The standard InChI is InChI=1S/C29H24N6/c30-29(14-5-15-29)21-12-10-19(11-13-21)26-25(20-6-3-16-31-18-20)34-28-22-7-1-2-8-23(22)33-27-24(35(26)28)9-4-17-32-27/h1-4,6-13,16-18H,5,14-15,30H2,(H,32,33). The van der Waals surface area contributed by atoms with Crippen LogP contribution in [0, 0.1) is 0 Å². The zero-order valence-corrected chi connectivity index (χ0v) is 19.1. The van der Waals surface area contributed by atoms with Gasteiger partial charge < -0.3 is 11.1 Å². The summed E-state index contributed by atoms with van der Waals surface area (Å²) in [5.74, 6) is 1.66. The van der Waals surface area contributed by atoms with E-state index in [0.29, 0.717) is 0 Å². The summed E-state index contributed by atoms with van der Waals surface area (Å²) in [5, 5.41) is 3.52. The molecule has 0 unspecified atom stereocenters. The van der Waals surface area contributed by atoms with Crippen LogP contribution >= 0.6 is 0 Å². The van der Waals surface area contributed by atoms with Gasteiger partial charge in [0.1, 0.15) is 5.82 Å². The van der Waals surface area contributed by atoms with Gasteiger partial charge in [-0.05, 0) is 61.2 Å². The van der Waals surface area contributed by atoms with Crippen molar-refractivity contribution in [3.63, 3.8) is 0 Å². The van der Waals surface area contributed by atoms with E-state index >= 15 is 0 Å². The van der Waals surface area contributed by atoms with Crippen LogP contribution in [0.1, 0.15) is 24.8 Å². The summed E-state index contributed by atoms with van der Waals surface area (Å²) in [6.45, 7) is 0. The van der Waals surface area contributed by atoms with Crippen molar-refractivity contribution in [1.29, 1.82) is 0 Å². The topological polar surface area (TPSA) is 81.7 Å². The Morgan fingerprint density at radius 2 is 1.69 bits per heavy atom. The highest BCUT2D eigenvalue weighted by atomic mass is 15.2. The molecule has 0 radical (unpaired) electrons. The van der Waals surface area contributed by atoms with E-state index < -0.39 is 0 Å². The molecule has 7 rings (SSSR count). The first-order valence-electron chi connectivity index (χ1n) is 12.0. The minimum absolute atomic E-state index is 0.196. The number of nitrogens with one attached hydrogen (secondary N) is 1. The lowest BCUT2D eigenvalue weighted by molar-refractivity contribution is 0.253. The zero-order valence-electron chi connectivity index (χ0n) is 19.1. The number of benzene rings is 2. The number of rotatable bonds is 3. The van der Waals surface area contributed by atoms with Gasteiger partial charge in [0.25, 0.3) is 0 Å². The second kappa shape index (κ2) is 7.61. The van der Waals surface area contributed by atoms with Crippen LogP contribution in [0.15, 0.2) is 91.4 Å². The van der Waals surface area contributed by atoms with Gasteiger partial charge >= 0.3 is 0 Å². The molecule has 5 aromatic rings. The fraction of sp³-hybridized carbons (Fsp3) is 0.138. The average Bonchev–Trinajstić information content (AvgIpc) is 3.22. The van der Waals surface area contributed by atoms with Gasteiger partial charge in [0, 0.05) is 40.8 Å². The molecule has 3 aromatic heterocycles. The van der Waals surface area contributed by atoms with Gasteiger partial charge in [-0.3, -0.25) is 9.55 Å². The van der Waals surface area contributed by atoms with Crippen LogP contribution < -0.4 is 11.1 Å². The molecule has 6 heteroatoms. The summed E-state index contributed by atoms with van der Waals surface area (Å²) in [6.07, 6.45) is 8.74. The molecule has 0 amide bonds. The van der Waals surface area contributed by atoms with Gasteiger partial charge in [0.15, 0.2) is 5.82 Å². The molecule has 0 saturated heterocycles. The molecule has 2 aliphatic rings. The fourth-order valence-electron chi connectivity index (χ4n) is 5.20. The van der Waals surface area contributed by atoms with E-state index in [1.807, 2.05) is 36.7 Å². The lowest BCUT2D eigenvalue weighted by Gasteiger charge is -2.38. The van der Waals surface area contributed by atoms with Gasteiger partial charge in [-0.1, -0.05) is 36.4 Å². The summed E-state index contributed by atoms with van der Waals surface area (Å²) >= 11 is 0. The molecule has 0 bridgehead atoms. The average molecular weight is 457 g/mol. The zero-order chi connectivity index (χ0) is 23.4. The van der Waals surface area contributed by atoms with Crippen molar-refractivity contribution < 1.29 is 0 Å². The molecule has 1 saturated carbocycles. The van der Waals surface area contributed by atoms with Crippen LogP contribution in [-0.2, 0) is 5.54 Å². The highest BCUT2D eigenvalue weighted by Crippen LogP contribution is 2.45. The summed E-state index contributed by atoms with van der Waals surface area (Å²) in [7, 11) is 0. The van der Waals surface area contributed by atoms with Gasteiger partial charge in [-0.15, -0.1) is 0 Å². The van der Waals surface area contributed by atoms with Crippen molar-refractivity contribution in [2.45, 2.75) is 24.8 Å². The summed E-state index contributed by atoms with van der Waals surface area (Å²) in [4.78, 5) is 14.3. The first-order valence-corrected chi connectivity index (χ1v) is 12.0. The number of aromatic nitrogens is 4. The number of para-hydroxylation sites is 1. The van der Waals surface area contributed by atoms with Crippen LogP contribution in [0.5, 0.6) is 0 Å². The van der Waals surface area contributed by atoms with E-state index in [1.54, 1.807) is 6.20 Å². The first-order chi connectivity index (χ1) is 17.2. The number of anilines is 2. The van der Waals surface area contributed by atoms with E-state index in [2.05, 4.69) is 68.4 Å². The van der Waals surface area contributed by atoms with E-state index in [9.17, 15) is 0 Å². The highest BCUT2D eigenvalue weighted by molar-refractivity contribution is 5.90. The second-order valence-corrected chi connectivity index (χ2v) is 9.34. The van der Waals surface area contributed by atoms with E-state index in [4.69, 9.17) is 10.7 Å². The third-order valence-corrected chi connectivity index (χ3v) is 7.24. The van der Waals surface area contributed by atoms with E-state index in [1.165, 1.54) is 12.0 Å². The Bertz CT molecular complexity index is 1550. The van der Waals surface area contributed by atoms with Crippen LogP contribution in [-0.4, -0.2) is 19.5 Å². The molecule has 2 aromatic carbocycles. The predicted molar refractivity (Wildman–Crippen MR) is 138 cm³/mol. The van der Waals surface area contributed by atoms with Gasteiger partial charge in [0.2, 0.25) is 0 Å². The molecule has 0 atom stereocenters. The Morgan fingerprint density at radius 1 is 0.857 bits per heavy atom. The molecule has 3 N–H and O–H groups in total. The number of nitrogens with zero attached hydrogens (tertiary/aromatic N) is 4. The monoisotopic (exact) mass is 456 g/mol. The summed E-state index contributed by atoms with van der Waals surface area (Å²) in [5.41, 5.74) is 14.5. The second-order valence-electron chi connectivity index (χ2n) is 9.34. The maximum Gasteiger partial charge on any atom is 0.154 e. The largest absolute Gasteiger partial charge is 0.338 e. The Hall–Kier alpha value is -4.29. The SMILES string of the molecule is NC1(c2ccc(-c3c(-c4cccnc4)nc4n3-c3cccnc3Nc3ccccc3-4)cc2)CCC1. The molecular weight excluding hydrogens is 432 g/mol. The van der Waals surface area contributed by atoms with Gasteiger partial charge in [0.05, 0.1) is 22.8 Å². The van der Waals surface area contributed by atoms with Crippen molar-refractivity contribution in [2.24, 2.45) is 5.73 Å². The van der Waals surface area contributed by atoms with Crippen molar-refractivity contribution >= 4 is 11.5 Å². The van der Waals surface area contributed by atoms with Crippen molar-refractivity contribution in [2.75, 3.05) is 5.32 Å². The predicted octanol–water partition coefficient (Wildman–Crippen LogP) is 6.06. The van der Waals surface area contributed by atoms with Crippen molar-refractivity contribution in [1.82, 2.24) is 19.5 Å². The molecule has 35 heavy (non-hydrogen) atoms. The minimum Gasteiger partial charge on any atom is -0.338 e. The number of imidazole rings is 1. The van der Waals surface area contributed by atoms with Crippen molar-refractivity contribution in [3.8, 4) is 39.6 Å².